The summed E-state index contributed by atoms with van der Waals surface area (Å²) in [5.41, 5.74) is 5.71. The van der Waals surface area contributed by atoms with Crippen LogP contribution in [0.15, 0.2) is 54.7 Å². The number of methoxy groups -OCH3 is 1. The van der Waals surface area contributed by atoms with Gasteiger partial charge in [0.15, 0.2) is 17.4 Å². The summed E-state index contributed by atoms with van der Waals surface area (Å²) < 4.78 is 21.0. The molecule has 166 valence electrons. The molecule has 0 saturated carbocycles. The predicted octanol–water partition coefficient (Wildman–Crippen LogP) is 5.42. The zero-order chi connectivity index (χ0) is 23.1. The normalized spacial score (nSPS) is 11.2. The van der Waals surface area contributed by atoms with Crippen LogP contribution >= 0.6 is 0 Å². The van der Waals surface area contributed by atoms with E-state index in [2.05, 4.69) is 50.8 Å². The Morgan fingerprint density at radius 3 is 2.67 bits per heavy atom. The zero-order valence-corrected chi connectivity index (χ0v) is 18.8. The maximum Gasteiger partial charge on any atom is 0.222 e. The minimum atomic E-state index is -0.431. The molecule has 0 unspecified atom stereocenters. The van der Waals surface area contributed by atoms with Crippen LogP contribution in [0, 0.1) is 12.7 Å². The van der Waals surface area contributed by atoms with Crippen LogP contribution in [0.1, 0.15) is 5.56 Å². The van der Waals surface area contributed by atoms with Crippen LogP contribution < -0.4 is 15.4 Å². The van der Waals surface area contributed by atoms with E-state index in [1.807, 2.05) is 30.1 Å². The van der Waals surface area contributed by atoms with E-state index >= 15 is 0 Å². The lowest BCUT2D eigenvalue weighted by Crippen LogP contribution is -1.97. The molecular weight excluding hydrogens is 419 g/mol. The summed E-state index contributed by atoms with van der Waals surface area (Å²) in [7, 11) is 5.16. The number of halogens is 1. The van der Waals surface area contributed by atoms with Crippen molar-refractivity contribution in [3.63, 3.8) is 0 Å². The first-order valence-corrected chi connectivity index (χ1v) is 10.5. The van der Waals surface area contributed by atoms with Crippen molar-refractivity contribution in [2.24, 2.45) is 7.05 Å². The molecule has 0 radical (unpaired) electrons. The second-order valence-electron chi connectivity index (χ2n) is 7.82. The Labute approximate surface area is 190 Å². The second kappa shape index (κ2) is 8.05. The molecule has 3 aromatic carbocycles. The Bertz CT molecular complexity index is 1510. The Morgan fingerprint density at radius 2 is 1.91 bits per heavy atom. The van der Waals surface area contributed by atoms with Gasteiger partial charge in [0.05, 0.1) is 18.1 Å². The molecule has 5 rings (SSSR count). The molecule has 5 aromatic rings. The number of ether oxygens (including phenoxy) is 1. The van der Waals surface area contributed by atoms with Crippen LogP contribution in [-0.2, 0) is 7.05 Å². The Morgan fingerprint density at radius 1 is 1.06 bits per heavy atom. The van der Waals surface area contributed by atoms with E-state index in [9.17, 15) is 4.39 Å². The van der Waals surface area contributed by atoms with Crippen molar-refractivity contribution in [3.8, 4) is 16.9 Å². The largest absolute Gasteiger partial charge is 0.494 e. The van der Waals surface area contributed by atoms with Crippen LogP contribution in [0.3, 0.4) is 0 Å². The van der Waals surface area contributed by atoms with Gasteiger partial charge in [-0.2, -0.15) is 5.10 Å². The fraction of sp³-hybridized carbons (Fsp3) is 0.160. The number of nitrogens with one attached hydrogen (secondary N) is 2. The maximum absolute atomic E-state index is 14.2. The standard InChI is InChI=1S/C25H23FN6O/c1-14-5-8-18-23(22(14)15-6-9-20-16(11-15)13-28-25(27-2)30-20)32(3)31-24(18)29-17-7-10-21(33-4)19(26)12-17/h5-13H,1-4H3,(H,29,31)(H,27,28,30). The molecule has 0 spiro atoms. The molecular formula is C25H23FN6O. The third-order valence-corrected chi connectivity index (χ3v) is 5.72. The quantitative estimate of drug-likeness (QED) is 0.378. The molecule has 0 atom stereocenters. The van der Waals surface area contributed by atoms with Crippen molar-refractivity contribution >= 4 is 39.3 Å². The molecule has 0 saturated heterocycles. The molecule has 0 fully saturated rings. The van der Waals surface area contributed by atoms with E-state index in [0.717, 1.165) is 38.5 Å². The highest BCUT2D eigenvalue weighted by molar-refractivity contribution is 6.03. The topological polar surface area (TPSA) is 76.9 Å². The number of anilines is 3. The number of hydrogen-bond donors (Lipinski definition) is 2. The molecule has 33 heavy (non-hydrogen) atoms. The number of aryl methyl sites for hydroxylation is 2. The molecule has 0 amide bonds. The third kappa shape index (κ3) is 3.59. The molecule has 2 heterocycles. The highest BCUT2D eigenvalue weighted by Crippen LogP contribution is 2.37. The summed E-state index contributed by atoms with van der Waals surface area (Å²) in [5, 5.41) is 12.8. The lowest BCUT2D eigenvalue weighted by Gasteiger charge is -2.11. The van der Waals surface area contributed by atoms with Gasteiger partial charge in [-0.1, -0.05) is 12.1 Å². The SMILES string of the molecule is CNc1ncc2cc(-c3c(C)ccc4c(Nc5ccc(OC)c(F)c5)nn(C)c34)ccc2n1. The number of nitrogens with zero attached hydrogens (tertiary/aromatic N) is 4. The van der Waals surface area contributed by atoms with Crippen LogP contribution in [-0.4, -0.2) is 33.9 Å². The summed E-state index contributed by atoms with van der Waals surface area (Å²) in [6, 6.07) is 15.0. The molecule has 0 aliphatic heterocycles. The van der Waals surface area contributed by atoms with E-state index in [1.54, 1.807) is 19.2 Å². The highest BCUT2D eigenvalue weighted by atomic mass is 19.1. The third-order valence-electron chi connectivity index (χ3n) is 5.72. The summed E-state index contributed by atoms with van der Waals surface area (Å²) in [5.74, 6) is 1.01. The molecule has 7 nitrogen and oxygen atoms in total. The maximum atomic E-state index is 14.2. The Kier molecular flexibility index (Phi) is 5.05. The van der Waals surface area contributed by atoms with Crippen molar-refractivity contribution in [3.05, 3.63) is 66.1 Å². The van der Waals surface area contributed by atoms with Gasteiger partial charge in [0.2, 0.25) is 5.95 Å². The molecule has 2 N–H and O–H groups in total. The van der Waals surface area contributed by atoms with Crippen molar-refractivity contribution in [1.82, 2.24) is 19.7 Å². The minimum absolute atomic E-state index is 0.200. The number of benzene rings is 3. The molecule has 2 aromatic heterocycles. The Hall–Kier alpha value is -4.20. The lowest BCUT2D eigenvalue weighted by molar-refractivity contribution is 0.386. The van der Waals surface area contributed by atoms with E-state index in [-0.39, 0.29) is 5.75 Å². The average molecular weight is 442 g/mol. The van der Waals surface area contributed by atoms with Gasteiger partial charge in [-0.15, -0.1) is 0 Å². The summed E-state index contributed by atoms with van der Waals surface area (Å²) in [4.78, 5) is 8.86. The van der Waals surface area contributed by atoms with Gasteiger partial charge in [0, 0.05) is 48.4 Å². The van der Waals surface area contributed by atoms with Gasteiger partial charge in [-0.05, 0) is 48.4 Å². The number of aromatic nitrogens is 4. The second-order valence-corrected chi connectivity index (χ2v) is 7.82. The Balaban J connectivity index is 1.62. The van der Waals surface area contributed by atoms with Crippen molar-refractivity contribution in [1.29, 1.82) is 0 Å². The minimum Gasteiger partial charge on any atom is -0.494 e. The fourth-order valence-electron chi connectivity index (χ4n) is 4.12. The van der Waals surface area contributed by atoms with Crippen molar-refractivity contribution in [2.75, 3.05) is 24.8 Å². The van der Waals surface area contributed by atoms with Crippen LogP contribution in [0.5, 0.6) is 5.75 Å². The number of fused-ring (bicyclic) bond motifs is 2. The average Bonchev–Trinajstić information content (AvgIpc) is 3.13. The summed E-state index contributed by atoms with van der Waals surface area (Å²) in [6.45, 7) is 2.08. The highest BCUT2D eigenvalue weighted by Gasteiger charge is 2.17. The van der Waals surface area contributed by atoms with Gasteiger partial charge in [0.25, 0.3) is 0 Å². The lowest BCUT2D eigenvalue weighted by atomic mass is 9.96. The zero-order valence-electron chi connectivity index (χ0n) is 18.8. The predicted molar refractivity (Wildman–Crippen MR) is 130 cm³/mol. The number of rotatable bonds is 5. The molecule has 0 aliphatic rings. The molecule has 0 aliphatic carbocycles. The van der Waals surface area contributed by atoms with E-state index in [1.165, 1.54) is 13.2 Å². The van der Waals surface area contributed by atoms with Crippen LogP contribution in [0.2, 0.25) is 0 Å². The van der Waals surface area contributed by atoms with E-state index < -0.39 is 5.82 Å². The summed E-state index contributed by atoms with van der Waals surface area (Å²) in [6.07, 6.45) is 1.82. The number of hydrogen-bond acceptors (Lipinski definition) is 6. The fourth-order valence-corrected chi connectivity index (χ4v) is 4.12. The van der Waals surface area contributed by atoms with Crippen molar-refractivity contribution in [2.45, 2.75) is 6.92 Å². The summed E-state index contributed by atoms with van der Waals surface area (Å²) >= 11 is 0. The van der Waals surface area contributed by atoms with Gasteiger partial charge >= 0.3 is 0 Å². The van der Waals surface area contributed by atoms with Gasteiger partial charge in [-0.3, -0.25) is 4.68 Å². The van der Waals surface area contributed by atoms with Gasteiger partial charge < -0.3 is 15.4 Å². The van der Waals surface area contributed by atoms with E-state index in [0.29, 0.717) is 17.5 Å². The monoisotopic (exact) mass is 442 g/mol. The first-order chi connectivity index (χ1) is 16.0. The van der Waals surface area contributed by atoms with Gasteiger partial charge in [-0.25, -0.2) is 14.4 Å². The smallest absolute Gasteiger partial charge is 0.222 e. The van der Waals surface area contributed by atoms with E-state index in [4.69, 9.17) is 4.74 Å². The first kappa shape index (κ1) is 20.7. The van der Waals surface area contributed by atoms with Crippen LogP contribution in [0.4, 0.5) is 21.8 Å². The van der Waals surface area contributed by atoms with Crippen LogP contribution in [0.25, 0.3) is 32.9 Å². The van der Waals surface area contributed by atoms with Crippen molar-refractivity contribution < 1.29 is 9.13 Å². The molecule has 8 heteroatoms. The van der Waals surface area contributed by atoms with Gasteiger partial charge in [0.1, 0.15) is 0 Å². The molecule has 0 bridgehead atoms. The first-order valence-electron chi connectivity index (χ1n) is 10.5.